The molecule has 0 saturated carbocycles. The van der Waals surface area contributed by atoms with E-state index < -0.39 is 12.0 Å². The molecule has 2 atom stereocenters. The largest absolute Gasteiger partial charge is 0.480 e. The first-order valence-corrected chi connectivity index (χ1v) is 7.12. The molecule has 1 saturated heterocycles. The van der Waals surface area contributed by atoms with Crippen molar-refractivity contribution in [2.75, 3.05) is 19.6 Å². The van der Waals surface area contributed by atoms with Gasteiger partial charge in [-0.15, -0.1) is 0 Å². The minimum absolute atomic E-state index is 0.274. The van der Waals surface area contributed by atoms with E-state index in [1.165, 1.54) is 0 Å². The highest BCUT2D eigenvalue weighted by Gasteiger charge is 2.28. The molecule has 4 N–H and O–H groups in total. The van der Waals surface area contributed by atoms with E-state index in [1.807, 2.05) is 30.3 Å². The van der Waals surface area contributed by atoms with E-state index >= 15 is 0 Å². The number of benzene rings is 1. The zero-order chi connectivity index (χ0) is 15.2. The van der Waals surface area contributed by atoms with E-state index in [4.69, 9.17) is 5.73 Å². The molecule has 1 heterocycles. The van der Waals surface area contributed by atoms with Gasteiger partial charge in [-0.3, -0.25) is 0 Å². The maximum atomic E-state index is 12.1. The van der Waals surface area contributed by atoms with Crippen LogP contribution in [0.15, 0.2) is 30.3 Å². The molecule has 1 aliphatic heterocycles. The smallest absolute Gasteiger partial charge is 0.326 e. The van der Waals surface area contributed by atoms with Crippen molar-refractivity contribution in [3.63, 3.8) is 0 Å². The van der Waals surface area contributed by atoms with Crippen LogP contribution < -0.4 is 11.1 Å². The third-order valence-corrected chi connectivity index (χ3v) is 3.78. The topological polar surface area (TPSA) is 95.7 Å². The SMILES string of the molecule is NCC1CCN(C(=O)N[C@@H](Cc2ccccc2)C(=O)O)C1. The Bertz CT molecular complexity index is 492. The summed E-state index contributed by atoms with van der Waals surface area (Å²) in [5.41, 5.74) is 6.48. The van der Waals surface area contributed by atoms with Gasteiger partial charge in [-0.05, 0) is 24.4 Å². The van der Waals surface area contributed by atoms with Gasteiger partial charge >= 0.3 is 12.0 Å². The minimum Gasteiger partial charge on any atom is -0.480 e. The fourth-order valence-corrected chi connectivity index (χ4v) is 2.50. The number of hydrogen-bond donors (Lipinski definition) is 3. The number of carboxylic acids is 1. The third-order valence-electron chi connectivity index (χ3n) is 3.78. The molecule has 1 aliphatic rings. The van der Waals surface area contributed by atoms with Crippen molar-refractivity contribution in [3.8, 4) is 0 Å². The number of urea groups is 1. The lowest BCUT2D eigenvalue weighted by Gasteiger charge is -2.21. The standard InChI is InChI=1S/C15H21N3O3/c16-9-12-6-7-18(10-12)15(21)17-13(14(19)20)8-11-4-2-1-3-5-11/h1-5,12-13H,6-10,16H2,(H,17,21)(H,19,20)/t12?,13-/m0/s1. The Morgan fingerprint density at radius 1 is 1.38 bits per heavy atom. The Kier molecular flexibility index (Phi) is 5.16. The van der Waals surface area contributed by atoms with Crippen LogP contribution in [-0.4, -0.2) is 47.7 Å². The molecule has 21 heavy (non-hydrogen) atoms. The van der Waals surface area contributed by atoms with Crippen LogP contribution in [0.25, 0.3) is 0 Å². The first kappa shape index (κ1) is 15.3. The van der Waals surface area contributed by atoms with Gasteiger partial charge in [0.1, 0.15) is 6.04 Å². The highest BCUT2D eigenvalue weighted by atomic mass is 16.4. The lowest BCUT2D eigenvalue weighted by molar-refractivity contribution is -0.139. The second kappa shape index (κ2) is 7.08. The van der Waals surface area contributed by atoms with Crippen LogP contribution in [0, 0.1) is 5.92 Å². The summed E-state index contributed by atoms with van der Waals surface area (Å²) >= 11 is 0. The van der Waals surface area contributed by atoms with E-state index in [2.05, 4.69) is 5.32 Å². The monoisotopic (exact) mass is 291 g/mol. The van der Waals surface area contributed by atoms with Crippen LogP contribution >= 0.6 is 0 Å². The number of hydrogen-bond acceptors (Lipinski definition) is 3. The molecule has 1 aromatic carbocycles. The third kappa shape index (κ3) is 4.19. The lowest BCUT2D eigenvalue weighted by Crippen LogP contribution is -2.48. The normalized spacial score (nSPS) is 19.3. The van der Waals surface area contributed by atoms with Gasteiger partial charge in [0.2, 0.25) is 0 Å². The number of nitrogens with two attached hydrogens (primary N) is 1. The molecule has 0 aromatic heterocycles. The van der Waals surface area contributed by atoms with Gasteiger partial charge in [0, 0.05) is 19.5 Å². The van der Waals surface area contributed by atoms with Crippen LogP contribution in [0.3, 0.4) is 0 Å². The van der Waals surface area contributed by atoms with Crippen LogP contribution in [0.1, 0.15) is 12.0 Å². The van der Waals surface area contributed by atoms with Crippen molar-refractivity contribution < 1.29 is 14.7 Å². The summed E-state index contributed by atoms with van der Waals surface area (Å²) in [6.07, 6.45) is 1.15. The molecule has 1 fully saturated rings. The van der Waals surface area contributed by atoms with Gasteiger partial charge in [-0.1, -0.05) is 30.3 Å². The molecule has 0 aliphatic carbocycles. The molecule has 1 aromatic rings. The molecule has 2 amide bonds. The number of nitrogens with one attached hydrogen (secondary N) is 1. The molecule has 0 spiro atoms. The zero-order valence-corrected chi connectivity index (χ0v) is 11.9. The summed E-state index contributed by atoms with van der Waals surface area (Å²) in [6, 6.07) is 8.02. The van der Waals surface area contributed by atoms with Crippen molar-refractivity contribution in [1.29, 1.82) is 0 Å². The molecular formula is C15H21N3O3. The van der Waals surface area contributed by atoms with E-state index in [-0.39, 0.29) is 12.5 Å². The van der Waals surface area contributed by atoms with Gasteiger partial charge in [0.05, 0.1) is 0 Å². The number of nitrogens with zero attached hydrogens (tertiary/aromatic N) is 1. The van der Waals surface area contributed by atoms with Crippen LogP contribution in [0.5, 0.6) is 0 Å². The minimum atomic E-state index is -1.03. The maximum Gasteiger partial charge on any atom is 0.326 e. The highest BCUT2D eigenvalue weighted by Crippen LogP contribution is 2.15. The van der Waals surface area contributed by atoms with Gasteiger partial charge < -0.3 is 21.1 Å². The van der Waals surface area contributed by atoms with Gasteiger partial charge in [0.15, 0.2) is 0 Å². The number of amides is 2. The molecule has 6 heteroatoms. The van der Waals surface area contributed by atoms with Crippen LogP contribution in [0.4, 0.5) is 4.79 Å². The Morgan fingerprint density at radius 2 is 2.10 bits per heavy atom. The van der Waals surface area contributed by atoms with Gasteiger partial charge in [-0.25, -0.2) is 9.59 Å². The summed E-state index contributed by atoms with van der Waals surface area (Å²) in [7, 11) is 0. The number of carboxylic acid groups (broad SMARTS) is 1. The van der Waals surface area contributed by atoms with E-state index in [1.54, 1.807) is 4.90 Å². The Labute approximate surface area is 123 Å². The Balaban J connectivity index is 1.94. The lowest BCUT2D eigenvalue weighted by atomic mass is 10.1. The molecular weight excluding hydrogens is 270 g/mol. The van der Waals surface area contributed by atoms with E-state index in [0.717, 1.165) is 12.0 Å². The summed E-state index contributed by atoms with van der Waals surface area (Å²) in [4.78, 5) is 25.1. The maximum absolute atomic E-state index is 12.1. The van der Waals surface area contributed by atoms with Crippen molar-refractivity contribution in [2.24, 2.45) is 11.7 Å². The van der Waals surface area contributed by atoms with Gasteiger partial charge in [-0.2, -0.15) is 0 Å². The average Bonchev–Trinajstić information content (AvgIpc) is 2.96. The Morgan fingerprint density at radius 3 is 2.67 bits per heavy atom. The molecule has 0 radical (unpaired) electrons. The summed E-state index contributed by atoms with van der Waals surface area (Å²) in [5.74, 6) is -0.713. The van der Waals surface area contributed by atoms with E-state index in [9.17, 15) is 14.7 Å². The molecule has 6 nitrogen and oxygen atoms in total. The highest BCUT2D eigenvalue weighted by molar-refractivity contribution is 5.83. The second-order valence-electron chi connectivity index (χ2n) is 5.37. The van der Waals surface area contributed by atoms with Crippen LogP contribution in [-0.2, 0) is 11.2 Å². The quantitative estimate of drug-likeness (QED) is 0.743. The van der Waals surface area contributed by atoms with Gasteiger partial charge in [0.25, 0.3) is 0 Å². The van der Waals surface area contributed by atoms with Crippen LogP contribution in [0.2, 0.25) is 0 Å². The number of likely N-dealkylation sites (tertiary alicyclic amines) is 1. The number of carbonyl (C=O) groups is 2. The molecule has 114 valence electrons. The fourth-order valence-electron chi connectivity index (χ4n) is 2.50. The summed E-state index contributed by atoms with van der Waals surface area (Å²) in [5, 5.41) is 11.9. The Hall–Kier alpha value is -2.08. The predicted molar refractivity (Wildman–Crippen MR) is 78.8 cm³/mol. The summed E-state index contributed by atoms with van der Waals surface area (Å²) < 4.78 is 0. The first-order chi connectivity index (χ1) is 10.1. The van der Waals surface area contributed by atoms with Crippen molar-refractivity contribution in [2.45, 2.75) is 18.9 Å². The van der Waals surface area contributed by atoms with Crippen molar-refractivity contribution in [1.82, 2.24) is 10.2 Å². The second-order valence-corrected chi connectivity index (χ2v) is 5.37. The number of rotatable bonds is 5. The predicted octanol–water partition coefficient (Wildman–Crippen LogP) is 0.672. The summed E-state index contributed by atoms with van der Waals surface area (Å²) in [6.45, 7) is 1.78. The average molecular weight is 291 g/mol. The molecule has 2 rings (SSSR count). The number of aliphatic carboxylic acids is 1. The zero-order valence-electron chi connectivity index (χ0n) is 11.9. The molecule has 1 unspecified atom stereocenters. The first-order valence-electron chi connectivity index (χ1n) is 7.12. The molecule has 0 bridgehead atoms. The number of carbonyl (C=O) groups excluding carboxylic acids is 1. The van der Waals surface area contributed by atoms with Crippen molar-refractivity contribution in [3.05, 3.63) is 35.9 Å². The van der Waals surface area contributed by atoms with E-state index in [0.29, 0.717) is 25.6 Å². The fraction of sp³-hybridized carbons (Fsp3) is 0.467. The van der Waals surface area contributed by atoms with Crippen molar-refractivity contribution >= 4 is 12.0 Å².